The van der Waals surface area contributed by atoms with E-state index in [1.54, 1.807) is 11.8 Å². The van der Waals surface area contributed by atoms with Crippen LogP contribution in [0.2, 0.25) is 0 Å². The van der Waals surface area contributed by atoms with Gasteiger partial charge in [0.1, 0.15) is 5.75 Å². The highest BCUT2D eigenvalue weighted by Gasteiger charge is 2.29. The largest absolute Gasteiger partial charge is 0.481 e. The molecule has 1 aromatic rings. The molecule has 0 aliphatic carbocycles. The molecule has 132 valence electrons. The van der Waals surface area contributed by atoms with Gasteiger partial charge < -0.3 is 15.4 Å². The van der Waals surface area contributed by atoms with E-state index in [4.69, 9.17) is 10.5 Å². The van der Waals surface area contributed by atoms with Gasteiger partial charge in [0.15, 0.2) is 6.10 Å². The number of likely N-dealkylation sites (tertiary alicyclic amines) is 1. The fourth-order valence-electron chi connectivity index (χ4n) is 3.10. The maximum absolute atomic E-state index is 12.6. The number of hydrogen-bond donors (Lipinski definition) is 1. The maximum Gasteiger partial charge on any atom is 0.263 e. The summed E-state index contributed by atoms with van der Waals surface area (Å²) in [5.74, 6) is 0.684. The number of ether oxygens (including phenoxy) is 1. The second-order valence-electron chi connectivity index (χ2n) is 6.96. The molecule has 1 atom stereocenters. The summed E-state index contributed by atoms with van der Waals surface area (Å²) < 4.78 is 5.99. The molecule has 1 heterocycles. The molecule has 1 saturated heterocycles. The van der Waals surface area contributed by atoms with Crippen molar-refractivity contribution >= 4 is 11.8 Å². The van der Waals surface area contributed by atoms with E-state index < -0.39 is 6.10 Å². The van der Waals surface area contributed by atoms with Crippen molar-refractivity contribution in [1.82, 2.24) is 4.90 Å². The van der Waals surface area contributed by atoms with E-state index in [2.05, 4.69) is 26.0 Å². The van der Waals surface area contributed by atoms with E-state index in [1.165, 1.54) is 0 Å². The predicted octanol–water partition coefficient (Wildman–Crippen LogP) is 2.61. The molecular weight excluding hydrogens is 304 g/mol. The quantitative estimate of drug-likeness (QED) is 0.901. The van der Waals surface area contributed by atoms with E-state index in [0.29, 0.717) is 31.8 Å². The number of carbonyl (C=O) groups is 2. The molecule has 0 unspecified atom stereocenters. The van der Waals surface area contributed by atoms with E-state index in [9.17, 15) is 9.59 Å². The molecule has 1 aliphatic rings. The highest BCUT2D eigenvalue weighted by molar-refractivity contribution is 5.82. The third kappa shape index (κ3) is 4.28. The number of rotatable bonds is 5. The average Bonchev–Trinajstić information content (AvgIpc) is 2.54. The maximum atomic E-state index is 12.6. The average molecular weight is 332 g/mol. The van der Waals surface area contributed by atoms with Crippen molar-refractivity contribution in [1.29, 1.82) is 0 Å². The number of primary amides is 1. The molecule has 5 heteroatoms. The lowest BCUT2D eigenvalue weighted by molar-refractivity contribution is -0.140. The second kappa shape index (κ2) is 7.69. The van der Waals surface area contributed by atoms with Crippen LogP contribution in [0.25, 0.3) is 0 Å². The SMILES string of the molecule is Cc1ccc(C(C)C)c(O[C@@H](C)C(=O)N2CCC(C(N)=O)CC2)c1. The van der Waals surface area contributed by atoms with Crippen molar-refractivity contribution in [2.24, 2.45) is 11.7 Å². The Kier molecular flexibility index (Phi) is 5.86. The predicted molar refractivity (Wildman–Crippen MR) is 93.9 cm³/mol. The van der Waals surface area contributed by atoms with Crippen LogP contribution in [-0.2, 0) is 9.59 Å². The Hall–Kier alpha value is -2.04. The van der Waals surface area contributed by atoms with Crippen LogP contribution in [0.15, 0.2) is 18.2 Å². The summed E-state index contributed by atoms with van der Waals surface area (Å²) >= 11 is 0. The van der Waals surface area contributed by atoms with Crippen LogP contribution >= 0.6 is 0 Å². The standard InChI is InChI=1S/C19H28N2O3/c1-12(2)16-6-5-13(3)11-17(16)24-14(4)19(23)21-9-7-15(8-10-21)18(20)22/h5-6,11-12,14-15H,7-10H2,1-4H3,(H2,20,22)/t14-/m0/s1. The van der Waals surface area contributed by atoms with Gasteiger partial charge >= 0.3 is 0 Å². The number of nitrogens with two attached hydrogens (primary N) is 1. The Labute approximate surface area is 144 Å². The van der Waals surface area contributed by atoms with Crippen LogP contribution in [-0.4, -0.2) is 35.9 Å². The molecule has 0 aromatic heterocycles. The fourth-order valence-corrected chi connectivity index (χ4v) is 3.10. The molecule has 0 bridgehead atoms. The summed E-state index contributed by atoms with van der Waals surface area (Å²) in [4.78, 5) is 25.6. The number of piperidine rings is 1. The van der Waals surface area contributed by atoms with E-state index >= 15 is 0 Å². The molecular formula is C19H28N2O3. The van der Waals surface area contributed by atoms with Crippen LogP contribution in [0.3, 0.4) is 0 Å². The van der Waals surface area contributed by atoms with Gasteiger partial charge in [-0.15, -0.1) is 0 Å². The smallest absolute Gasteiger partial charge is 0.263 e. The van der Waals surface area contributed by atoms with Crippen molar-refractivity contribution in [2.75, 3.05) is 13.1 Å². The summed E-state index contributed by atoms with van der Waals surface area (Å²) in [6.07, 6.45) is 0.722. The van der Waals surface area contributed by atoms with Crippen LogP contribution in [0.4, 0.5) is 0 Å². The first kappa shape index (κ1) is 18.3. The van der Waals surface area contributed by atoms with Crippen molar-refractivity contribution in [3.8, 4) is 5.75 Å². The Balaban J connectivity index is 2.02. The van der Waals surface area contributed by atoms with Crippen molar-refractivity contribution < 1.29 is 14.3 Å². The molecule has 1 aliphatic heterocycles. The Bertz CT molecular complexity index is 605. The van der Waals surface area contributed by atoms with Crippen LogP contribution in [0.5, 0.6) is 5.75 Å². The zero-order valence-electron chi connectivity index (χ0n) is 15.0. The van der Waals surface area contributed by atoms with E-state index in [1.807, 2.05) is 13.0 Å². The number of aryl methyl sites for hydroxylation is 1. The fraction of sp³-hybridized carbons (Fsp3) is 0.579. The van der Waals surface area contributed by atoms with Gasteiger partial charge in [-0.25, -0.2) is 0 Å². The van der Waals surface area contributed by atoms with Crippen molar-refractivity contribution in [3.63, 3.8) is 0 Å². The summed E-state index contributed by atoms with van der Waals surface area (Å²) in [5.41, 5.74) is 7.55. The minimum Gasteiger partial charge on any atom is -0.481 e. The van der Waals surface area contributed by atoms with Gasteiger partial charge in [0.05, 0.1) is 0 Å². The number of amides is 2. The minimum absolute atomic E-state index is 0.0332. The molecule has 1 fully saturated rings. The molecule has 2 amide bonds. The van der Waals surface area contributed by atoms with Crippen molar-refractivity contribution in [2.45, 2.75) is 52.6 Å². The first-order chi connectivity index (χ1) is 11.3. The first-order valence-corrected chi connectivity index (χ1v) is 8.65. The van der Waals surface area contributed by atoms with Crippen LogP contribution in [0, 0.1) is 12.8 Å². The lowest BCUT2D eigenvalue weighted by Crippen LogP contribution is -2.46. The third-order valence-corrected chi connectivity index (χ3v) is 4.65. The highest BCUT2D eigenvalue weighted by Crippen LogP contribution is 2.29. The van der Waals surface area contributed by atoms with Gasteiger partial charge in [0, 0.05) is 19.0 Å². The molecule has 24 heavy (non-hydrogen) atoms. The molecule has 5 nitrogen and oxygen atoms in total. The van der Waals surface area contributed by atoms with Gasteiger partial charge in [0.2, 0.25) is 5.91 Å². The molecule has 1 aromatic carbocycles. The van der Waals surface area contributed by atoms with Crippen LogP contribution < -0.4 is 10.5 Å². The minimum atomic E-state index is -0.547. The van der Waals surface area contributed by atoms with Crippen molar-refractivity contribution in [3.05, 3.63) is 29.3 Å². The zero-order chi connectivity index (χ0) is 17.9. The first-order valence-electron chi connectivity index (χ1n) is 8.65. The Morgan fingerprint density at radius 3 is 2.38 bits per heavy atom. The molecule has 0 radical (unpaired) electrons. The highest BCUT2D eigenvalue weighted by atomic mass is 16.5. The number of hydrogen-bond acceptors (Lipinski definition) is 3. The Morgan fingerprint density at radius 1 is 1.21 bits per heavy atom. The monoisotopic (exact) mass is 332 g/mol. The molecule has 0 saturated carbocycles. The summed E-state index contributed by atoms with van der Waals surface area (Å²) in [7, 11) is 0. The summed E-state index contributed by atoms with van der Waals surface area (Å²) in [5, 5.41) is 0. The molecule has 2 rings (SSSR count). The topological polar surface area (TPSA) is 72.6 Å². The second-order valence-corrected chi connectivity index (χ2v) is 6.96. The molecule has 0 spiro atoms. The Morgan fingerprint density at radius 2 is 1.83 bits per heavy atom. The third-order valence-electron chi connectivity index (χ3n) is 4.65. The zero-order valence-corrected chi connectivity index (χ0v) is 15.0. The van der Waals surface area contributed by atoms with Crippen LogP contribution in [0.1, 0.15) is 50.7 Å². The lowest BCUT2D eigenvalue weighted by atomic mass is 9.96. The van der Waals surface area contributed by atoms with Gasteiger partial charge in [-0.05, 0) is 49.8 Å². The van der Waals surface area contributed by atoms with Gasteiger partial charge in [-0.1, -0.05) is 26.0 Å². The summed E-state index contributed by atoms with van der Waals surface area (Å²) in [6.45, 7) is 9.14. The normalized spacial score (nSPS) is 17.0. The lowest BCUT2D eigenvalue weighted by Gasteiger charge is -2.32. The van der Waals surface area contributed by atoms with Gasteiger partial charge in [-0.3, -0.25) is 9.59 Å². The van der Waals surface area contributed by atoms with Gasteiger partial charge in [0.25, 0.3) is 5.91 Å². The van der Waals surface area contributed by atoms with Gasteiger partial charge in [-0.2, -0.15) is 0 Å². The molecule has 2 N–H and O–H groups in total. The number of carbonyl (C=O) groups excluding carboxylic acids is 2. The van der Waals surface area contributed by atoms with E-state index in [0.717, 1.165) is 16.9 Å². The van der Waals surface area contributed by atoms with E-state index in [-0.39, 0.29) is 17.7 Å². The number of nitrogens with zero attached hydrogens (tertiary/aromatic N) is 1. The summed E-state index contributed by atoms with van der Waals surface area (Å²) in [6, 6.07) is 6.10. The number of benzene rings is 1.